The third-order valence-corrected chi connectivity index (χ3v) is 6.88. The highest BCUT2D eigenvalue weighted by molar-refractivity contribution is 7.92. The number of pyridine rings is 1. The number of hydrogen-bond acceptors (Lipinski definition) is 6. The number of para-hydroxylation sites is 1. The van der Waals surface area contributed by atoms with Crippen molar-refractivity contribution in [3.63, 3.8) is 0 Å². The topological polar surface area (TPSA) is 108 Å². The fraction of sp³-hybridized carbons (Fsp3) is 0.143. The molecule has 3 aromatic rings. The molecule has 2 aromatic carbocycles. The summed E-state index contributed by atoms with van der Waals surface area (Å²) >= 11 is 0. The summed E-state index contributed by atoms with van der Waals surface area (Å²) in [6.07, 6.45) is 2.60. The highest BCUT2D eigenvalue weighted by Gasteiger charge is 2.30. The van der Waals surface area contributed by atoms with Crippen LogP contribution in [-0.4, -0.2) is 29.8 Å². The first-order valence-electron chi connectivity index (χ1n) is 9.09. The molecule has 29 heavy (non-hydrogen) atoms. The molecule has 8 heteroatoms. The van der Waals surface area contributed by atoms with Crippen LogP contribution in [0.5, 0.6) is 5.75 Å². The molecule has 0 fully saturated rings. The van der Waals surface area contributed by atoms with Gasteiger partial charge in [-0.2, -0.15) is 0 Å². The van der Waals surface area contributed by atoms with Gasteiger partial charge in [0, 0.05) is 17.4 Å². The van der Waals surface area contributed by atoms with Gasteiger partial charge in [-0.1, -0.05) is 18.2 Å². The van der Waals surface area contributed by atoms with E-state index in [9.17, 15) is 18.3 Å². The van der Waals surface area contributed by atoms with Gasteiger partial charge in [-0.3, -0.25) is 4.79 Å². The number of rotatable bonds is 4. The van der Waals surface area contributed by atoms with Gasteiger partial charge in [0.2, 0.25) is 0 Å². The summed E-state index contributed by atoms with van der Waals surface area (Å²) in [4.78, 5) is 16.4. The van der Waals surface area contributed by atoms with Gasteiger partial charge in [0.25, 0.3) is 5.91 Å². The Morgan fingerprint density at radius 1 is 1.07 bits per heavy atom. The second-order valence-electron chi connectivity index (χ2n) is 6.72. The molecule has 2 heterocycles. The summed E-state index contributed by atoms with van der Waals surface area (Å²) in [7, 11) is -3.61. The average molecular weight is 409 g/mol. The number of carbonyl (C=O) groups is 1. The molecule has 0 bridgehead atoms. The van der Waals surface area contributed by atoms with Crippen molar-refractivity contribution in [3.8, 4) is 5.75 Å². The Labute approximate surface area is 168 Å². The Morgan fingerprint density at radius 2 is 1.83 bits per heavy atom. The lowest BCUT2D eigenvalue weighted by molar-refractivity contribution is 0.102. The van der Waals surface area contributed by atoms with Crippen LogP contribution in [0.1, 0.15) is 22.3 Å². The molecule has 1 aliphatic rings. The third kappa shape index (κ3) is 3.79. The fourth-order valence-corrected chi connectivity index (χ4v) is 4.83. The van der Waals surface area contributed by atoms with Crippen molar-refractivity contribution in [2.45, 2.75) is 23.1 Å². The Bertz CT molecular complexity index is 1160. The van der Waals surface area contributed by atoms with E-state index in [1.165, 1.54) is 36.5 Å². The van der Waals surface area contributed by atoms with E-state index in [-0.39, 0.29) is 22.0 Å². The van der Waals surface area contributed by atoms with Gasteiger partial charge in [0.1, 0.15) is 5.37 Å². The molecule has 148 valence electrons. The normalized spacial score (nSPS) is 15.8. The summed E-state index contributed by atoms with van der Waals surface area (Å²) < 4.78 is 26.0. The van der Waals surface area contributed by atoms with Gasteiger partial charge in [-0.05, 0) is 60.9 Å². The van der Waals surface area contributed by atoms with Gasteiger partial charge in [-0.15, -0.1) is 0 Å². The van der Waals surface area contributed by atoms with Gasteiger partial charge in [0.15, 0.2) is 21.4 Å². The molecule has 0 aliphatic carbocycles. The van der Waals surface area contributed by atoms with E-state index in [1.54, 1.807) is 6.07 Å². The lowest BCUT2D eigenvalue weighted by Crippen LogP contribution is -2.33. The number of nitrogens with zero attached hydrogens (tertiary/aromatic N) is 1. The third-order valence-electron chi connectivity index (χ3n) is 4.85. The van der Waals surface area contributed by atoms with Crippen LogP contribution in [0.3, 0.4) is 0 Å². The molecule has 0 radical (unpaired) electrons. The molecule has 1 amide bonds. The number of nitrogens with one attached hydrogen (secondary N) is 2. The SMILES string of the molecule is O=C(Nc1ncccc1O)c1ccc(S(=O)(=O)C2CCc3ccccc3N2)cc1. The highest BCUT2D eigenvalue weighted by atomic mass is 32.2. The second-order valence-corrected chi connectivity index (χ2v) is 8.85. The zero-order valence-corrected chi connectivity index (χ0v) is 16.2. The molecule has 0 spiro atoms. The van der Waals surface area contributed by atoms with Crippen LogP contribution >= 0.6 is 0 Å². The van der Waals surface area contributed by atoms with Crippen LogP contribution in [0.25, 0.3) is 0 Å². The zero-order chi connectivity index (χ0) is 20.4. The molecular weight excluding hydrogens is 390 g/mol. The minimum Gasteiger partial charge on any atom is -0.504 e. The first-order chi connectivity index (χ1) is 13.9. The van der Waals surface area contributed by atoms with Crippen LogP contribution in [0.2, 0.25) is 0 Å². The number of aromatic nitrogens is 1. The molecule has 1 aromatic heterocycles. The van der Waals surface area contributed by atoms with E-state index < -0.39 is 21.1 Å². The summed E-state index contributed by atoms with van der Waals surface area (Å²) in [5.74, 6) is -0.601. The van der Waals surface area contributed by atoms with E-state index in [4.69, 9.17) is 0 Å². The molecule has 0 saturated heterocycles. The molecule has 3 N–H and O–H groups in total. The Hall–Kier alpha value is -3.39. The predicted molar refractivity (Wildman–Crippen MR) is 110 cm³/mol. The Morgan fingerprint density at radius 3 is 2.59 bits per heavy atom. The van der Waals surface area contributed by atoms with E-state index in [1.807, 2.05) is 24.3 Å². The Kier molecular flexibility index (Phi) is 4.94. The molecular formula is C21H19N3O4S. The number of amides is 1. The molecule has 7 nitrogen and oxygen atoms in total. The molecule has 1 unspecified atom stereocenters. The Balaban J connectivity index is 1.51. The number of aromatic hydroxyl groups is 1. The first kappa shape index (κ1) is 18.9. The second kappa shape index (κ2) is 7.56. The lowest BCUT2D eigenvalue weighted by Gasteiger charge is -2.26. The average Bonchev–Trinajstić information content (AvgIpc) is 2.75. The van der Waals surface area contributed by atoms with E-state index in [2.05, 4.69) is 15.6 Å². The van der Waals surface area contributed by atoms with Crippen LogP contribution in [0, 0.1) is 0 Å². The predicted octanol–water partition coefficient (Wildman–Crippen LogP) is 3.20. The molecule has 0 saturated carbocycles. The fourth-order valence-electron chi connectivity index (χ4n) is 3.28. The molecule has 4 rings (SSSR count). The van der Waals surface area contributed by atoms with Crippen LogP contribution in [-0.2, 0) is 16.3 Å². The molecule has 1 atom stereocenters. The lowest BCUT2D eigenvalue weighted by atomic mass is 10.0. The summed E-state index contributed by atoms with van der Waals surface area (Å²) in [6, 6.07) is 16.3. The monoisotopic (exact) mass is 409 g/mol. The maximum atomic E-state index is 13.0. The van der Waals surface area contributed by atoms with Crippen molar-refractivity contribution in [3.05, 3.63) is 78.0 Å². The van der Waals surface area contributed by atoms with Crippen molar-refractivity contribution in [2.75, 3.05) is 10.6 Å². The minimum absolute atomic E-state index is 0.0410. The maximum Gasteiger partial charge on any atom is 0.256 e. The minimum atomic E-state index is -3.61. The summed E-state index contributed by atoms with van der Waals surface area (Å²) in [5, 5.41) is 14.6. The number of aryl methyl sites for hydroxylation is 1. The number of carbonyl (C=O) groups excluding carboxylic acids is 1. The number of benzene rings is 2. The van der Waals surface area contributed by atoms with Gasteiger partial charge >= 0.3 is 0 Å². The van der Waals surface area contributed by atoms with E-state index in [0.29, 0.717) is 12.8 Å². The largest absolute Gasteiger partial charge is 0.504 e. The van der Waals surface area contributed by atoms with Crippen molar-refractivity contribution in [1.82, 2.24) is 4.98 Å². The summed E-state index contributed by atoms with van der Waals surface area (Å²) in [5.41, 5.74) is 2.19. The molecule has 1 aliphatic heterocycles. The summed E-state index contributed by atoms with van der Waals surface area (Å²) in [6.45, 7) is 0. The van der Waals surface area contributed by atoms with Crippen molar-refractivity contribution in [1.29, 1.82) is 0 Å². The van der Waals surface area contributed by atoms with E-state index >= 15 is 0 Å². The number of anilines is 2. The van der Waals surface area contributed by atoms with E-state index in [0.717, 1.165) is 11.3 Å². The van der Waals surface area contributed by atoms with Gasteiger partial charge in [0.05, 0.1) is 4.90 Å². The number of hydrogen-bond donors (Lipinski definition) is 3. The van der Waals surface area contributed by atoms with Crippen molar-refractivity contribution in [2.24, 2.45) is 0 Å². The highest BCUT2D eigenvalue weighted by Crippen LogP contribution is 2.29. The van der Waals surface area contributed by atoms with Crippen LogP contribution in [0.4, 0.5) is 11.5 Å². The number of sulfone groups is 1. The zero-order valence-electron chi connectivity index (χ0n) is 15.4. The van der Waals surface area contributed by atoms with Crippen LogP contribution < -0.4 is 10.6 Å². The first-order valence-corrected chi connectivity index (χ1v) is 10.6. The smallest absolute Gasteiger partial charge is 0.256 e. The van der Waals surface area contributed by atoms with Crippen LogP contribution in [0.15, 0.2) is 71.8 Å². The quantitative estimate of drug-likeness (QED) is 0.611. The van der Waals surface area contributed by atoms with Crippen molar-refractivity contribution < 1.29 is 18.3 Å². The maximum absolute atomic E-state index is 13.0. The van der Waals surface area contributed by atoms with Gasteiger partial charge < -0.3 is 15.7 Å². The van der Waals surface area contributed by atoms with Gasteiger partial charge in [-0.25, -0.2) is 13.4 Å². The standard InChI is InChI=1S/C21H19N3O4S/c25-18-6-3-13-22-20(18)24-21(26)15-7-10-16(11-8-15)29(27,28)19-12-9-14-4-1-2-5-17(14)23-19/h1-8,10-11,13,19,23,25H,9,12H2,(H,22,24,26). The van der Waals surface area contributed by atoms with Crippen molar-refractivity contribution >= 4 is 27.2 Å². The number of fused-ring (bicyclic) bond motifs is 1.